The summed E-state index contributed by atoms with van der Waals surface area (Å²) in [7, 11) is 2.97. The first-order valence-electron chi connectivity index (χ1n) is 13.4. The summed E-state index contributed by atoms with van der Waals surface area (Å²) in [4.78, 5) is 45.0. The van der Waals surface area contributed by atoms with Crippen LogP contribution < -0.4 is 16.0 Å². The molecule has 1 aliphatic heterocycles. The molecule has 216 valence electrons. The second-order valence-corrected chi connectivity index (χ2v) is 12.5. The van der Waals surface area contributed by atoms with Gasteiger partial charge in [-0.25, -0.2) is 4.79 Å². The lowest BCUT2D eigenvalue weighted by Crippen LogP contribution is -2.45. The Bertz CT molecular complexity index is 1480. The van der Waals surface area contributed by atoms with E-state index in [1.165, 1.54) is 29.4 Å². The highest BCUT2D eigenvalue weighted by Crippen LogP contribution is 2.48. The monoisotopic (exact) mass is 614 g/mol. The van der Waals surface area contributed by atoms with Gasteiger partial charge in [-0.1, -0.05) is 29.3 Å². The number of anilines is 3. The van der Waals surface area contributed by atoms with Crippen molar-refractivity contribution < 1.29 is 19.1 Å². The Hall–Kier alpha value is -3.11. The first kappa shape index (κ1) is 29.4. The molecule has 8 nitrogen and oxygen atoms in total. The lowest BCUT2D eigenvalue weighted by atomic mass is 9.84. The minimum Gasteiger partial charge on any atom is -0.465 e. The first-order chi connectivity index (χ1) is 19.6. The van der Waals surface area contributed by atoms with E-state index in [-0.39, 0.29) is 23.5 Å². The van der Waals surface area contributed by atoms with Gasteiger partial charge in [-0.2, -0.15) is 0 Å². The van der Waals surface area contributed by atoms with Gasteiger partial charge in [0.25, 0.3) is 0 Å². The second kappa shape index (κ2) is 12.0. The van der Waals surface area contributed by atoms with Crippen molar-refractivity contribution in [3.63, 3.8) is 0 Å². The molecule has 1 saturated heterocycles. The van der Waals surface area contributed by atoms with Crippen molar-refractivity contribution in [3.05, 3.63) is 74.4 Å². The fourth-order valence-corrected chi connectivity index (χ4v) is 7.23. The summed E-state index contributed by atoms with van der Waals surface area (Å²) in [6.45, 7) is 2.73. The Morgan fingerprint density at radius 1 is 1.12 bits per heavy atom. The van der Waals surface area contributed by atoms with Crippen molar-refractivity contribution in [2.24, 2.45) is 11.8 Å². The minimum atomic E-state index is -0.610. The van der Waals surface area contributed by atoms with Crippen molar-refractivity contribution in [3.8, 4) is 0 Å². The second-order valence-electron chi connectivity index (χ2n) is 10.7. The van der Waals surface area contributed by atoms with Crippen molar-refractivity contribution in [1.29, 1.82) is 0 Å². The number of halogens is 2. The molecule has 2 aromatic carbocycles. The van der Waals surface area contributed by atoms with Gasteiger partial charge < -0.3 is 20.7 Å². The maximum absolute atomic E-state index is 14.4. The first-order valence-corrected chi connectivity index (χ1v) is 15.0. The zero-order valence-electron chi connectivity index (χ0n) is 23.0. The number of nitrogens with two attached hydrogens (primary N) is 1. The Morgan fingerprint density at radius 3 is 2.49 bits per heavy atom. The van der Waals surface area contributed by atoms with E-state index in [4.69, 9.17) is 33.7 Å². The molecule has 41 heavy (non-hydrogen) atoms. The SMILES string of the molecule is COC(=O)c1ccc(N(C)C(=O)[C@H]2C(c3cc(Cl)cs3)C(C(=O)Nc3cccc(Cl)c3)N(CC3CC3)[C@H]2C)c(N)c1. The van der Waals surface area contributed by atoms with E-state index >= 15 is 0 Å². The molecule has 1 aliphatic carbocycles. The summed E-state index contributed by atoms with van der Waals surface area (Å²) >= 11 is 14.0. The molecule has 3 N–H and O–H groups in total. The Balaban J connectivity index is 1.53. The predicted molar refractivity (Wildman–Crippen MR) is 164 cm³/mol. The standard InChI is InChI=1S/C30H32Cl2N4O4S/c1-16-25(29(38)35(2)23-10-9-18(11-22(23)33)30(39)40-3)26(24-13-20(32)15-41-24)27(36(16)14-17-7-8-17)28(37)34-21-6-4-5-19(31)12-21/h4-6,9-13,15-17,25-27H,7-8,14,33H2,1-3H3,(H,34,37)/t16-,25+,26?,27?/m0/s1. The van der Waals surface area contributed by atoms with Gasteiger partial charge in [-0.3, -0.25) is 14.5 Å². The molecule has 1 saturated carbocycles. The number of hydrogen-bond acceptors (Lipinski definition) is 7. The van der Waals surface area contributed by atoms with E-state index in [2.05, 4.69) is 10.2 Å². The van der Waals surface area contributed by atoms with Crippen LogP contribution in [0.4, 0.5) is 17.1 Å². The molecule has 2 unspecified atom stereocenters. The number of carbonyl (C=O) groups is 3. The molecule has 2 fully saturated rings. The van der Waals surface area contributed by atoms with Gasteiger partial charge in [0.1, 0.15) is 0 Å². The largest absolute Gasteiger partial charge is 0.465 e. The lowest BCUT2D eigenvalue weighted by molar-refractivity contribution is -0.123. The topological polar surface area (TPSA) is 105 Å². The molecule has 0 spiro atoms. The van der Waals surface area contributed by atoms with Crippen LogP contribution in [0.3, 0.4) is 0 Å². The molecule has 2 heterocycles. The van der Waals surface area contributed by atoms with Crippen LogP contribution in [0.15, 0.2) is 53.9 Å². The fraction of sp³-hybridized carbons (Fsp3) is 0.367. The van der Waals surface area contributed by atoms with Crippen LogP contribution in [0, 0.1) is 11.8 Å². The molecule has 3 aromatic rings. The molecular formula is C30H32Cl2N4O4S. The number of nitrogens with zero attached hydrogens (tertiary/aromatic N) is 2. The van der Waals surface area contributed by atoms with Crippen molar-refractivity contribution in [2.45, 2.75) is 37.8 Å². The summed E-state index contributed by atoms with van der Waals surface area (Å²) in [6, 6.07) is 12.7. The van der Waals surface area contributed by atoms with E-state index in [0.717, 1.165) is 17.7 Å². The highest BCUT2D eigenvalue weighted by Gasteiger charge is 2.55. The maximum atomic E-state index is 14.4. The summed E-state index contributed by atoms with van der Waals surface area (Å²) in [5, 5.41) is 5.95. The summed E-state index contributed by atoms with van der Waals surface area (Å²) in [6.07, 6.45) is 2.20. The number of amides is 2. The third kappa shape index (κ3) is 6.09. The Labute approximate surface area is 253 Å². The number of carbonyl (C=O) groups excluding carboxylic acids is 3. The summed E-state index contributed by atoms with van der Waals surface area (Å²) < 4.78 is 4.80. The average molecular weight is 616 g/mol. The molecule has 0 bridgehead atoms. The zero-order chi connectivity index (χ0) is 29.4. The van der Waals surface area contributed by atoms with Crippen LogP contribution in [0.1, 0.15) is 40.9 Å². The molecular weight excluding hydrogens is 583 g/mol. The minimum absolute atomic E-state index is 0.177. The average Bonchev–Trinajstić information content (AvgIpc) is 3.59. The van der Waals surface area contributed by atoms with Gasteiger partial charge in [-0.15, -0.1) is 11.3 Å². The van der Waals surface area contributed by atoms with Crippen LogP contribution in [0.2, 0.25) is 10.0 Å². The van der Waals surface area contributed by atoms with E-state index in [1.54, 1.807) is 43.4 Å². The fourth-order valence-electron chi connectivity index (χ4n) is 5.78. The van der Waals surface area contributed by atoms with E-state index in [9.17, 15) is 14.4 Å². The van der Waals surface area contributed by atoms with E-state index in [0.29, 0.717) is 39.4 Å². The number of rotatable bonds is 8. The maximum Gasteiger partial charge on any atom is 0.337 e. The molecule has 5 rings (SSSR count). The summed E-state index contributed by atoms with van der Waals surface area (Å²) in [5.41, 5.74) is 7.94. The van der Waals surface area contributed by atoms with Gasteiger partial charge in [0.2, 0.25) is 11.8 Å². The number of hydrogen-bond donors (Lipinski definition) is 2. The van der Waals surface area contributed by atoms with Gasteiger partial charge in [0, 0.05) is 46.5 Å². The van der Waals surface area contributed by atoms with Crippen molar-refractivity contribution in [1.82, 2.24) is 4.90 Å². The lowest BCUT2D eigenvalue weighted by Gasteiger charge is -2.29. The molecule has 4 atom stereocenters. The third-order valence-electron chi connectivity index (χ3n) is 8.00. The van der Waals surface area contributed by atoms with Crippen LogP contribution >= 0.6 is 34.5 Å². The van der Waals surface area contributed by atoms with Gasteiger partial charge in [0.05, 0.1) is 41.0 Å². The molecule has 2 amide bonds. The summed E-state index contributed by atoms with van der Waals surface area (Å²) in [5.74, 6) is -1.42. The molecule has 0 radical (unpaired) electrons. The van der Waals surface area contributed by atoms with Gasteiger partial charge >= 0.3 is 5.97 Å². The number of ether oxygens (including phenoxy) is 1. The highest BCUT2D eigenvalue weighted by molar-refractivity contribution is 7.10. The number of likely N-dealkylation sites (tertiary alicyclic amines) is 1. The third-order valence-corrected chi connectivity index (χ3v) is 9.61. The van der Waals surface area contributed by atoms with Crippen molar-refractivity contribution in [2.75, 3.05) is 36.7 Å². The van der Waals surface area contributed by atoms with E-state index < -0.39 is 23.8 Å². The number of nitrogens with one attached hydrogen (secondary N) is 1. The quantitative estimate of drug-likeness (QED) is 0.241. The molecule has 2 aliphatic rings. The normalized spacial score (nSPS) is 22.4. The van der Waals surface area contributed by atoms with Crippen LogP contribution in [-0.4, -0.2) is 55.5 Å². The Morgan fingerprint density at radius 2 is 1.88 bits per heavy atom. The van der Waals surface area contributed by atoms with Gasteiger partial charge in [-0.05, 0) is 68.1 Å². The smallest absolute Gasteiger partial charge is 0.337 e. The predicted octanol–water partition coefficient (Wildman–Crippen LogP) is 5.91. The Kier molecular flexibility index (Phi) is 8.61. The van der Waals surface area contributed by atoms with E-state index in [1.807, 2.05) is 18.4 Å². The highest BCUT2D eigenvalue weighted by atomic mass is 35.5. The number of thiophene rings is 1. The number of esters is 1. The van der Waals surface area contributed by atoms with Crippen LogP contribution in [-0.2, 0) is 14.3 Å². The number of benzene rings is 2. The number of methoxy groups -OCH3 is 1. The number of nitrogen functional groups attached to an aromatic ring is 1. The molecule has 1 aromatic heterocycles. The van der Waals surface area contributed by atoms with Crippen LogP contribution in [0.5, 0.6) is 0 Å². The molecule has 11 heteroatoms. The zero-order valence-corrected chi connectivity index (χ0v) is 25.3. The van der Waals surface area contributed by atoms with Crippen molar-refractivity contribution >= 4 is 69.4 Å². The van der Waals surface area contributed by atoms with Gasteiger partial charge in [0.15, 0.2) is 0 Å². The van der Waals surface area contributed by atoms with Crippen LogP contribution in [0.25, 0.3) is 0 Å².